The van der Waals surface area contributed by atoms with Crippen molar-refractivity contribution >= 4 is 5.91 Å². The molecule has 5 nitrogen and oxygen atoms in total. The second-order valence-electron chi connectivity index (χ2n) is 2.26. The Morgan fingerprint density at radius 2 is 2.40 bits per heavy atom. The Morgan fingerprint density at radius 3 is 2.80 bits per heavy atom. The van der Waals surface area contributed by atoms with Gasteiger partial charge in [-0.1, -0.05) is 0 Å². The van der Waals surface area contributed by atoms with E-state index >= 15 is 0 Å². The highest BCUT2D eigenvalue weighted by molar-refractivity contribution is 5.76. The maximum Gasteiger partial charge on any atom is 0.286 e. The normalized spacial score (nSPS) is 25.6. The zero-order valence-corrected chi connectivity index (χ0v) is 5.37. The fraction of sp³-hybridized carbons (Fsp3) is 0.800. The summed E-state index contributed by atoms with van der Waals surface area (Å²) in [5.74, 6) is -0.215. The van der Waals surface area contributed by atoms with Gasteiger partial charge in [-0.15, -0.1) is 0 Å². The van der Waals surface area contributed by atoms with Gasteiger partial charge < -0.3 is 0 Å². The van der Waals surface area contributed by atoms with E-state index in [0.29, 0.717) is 19.3 Å². The van der Waals surface area contributed by atoms with Crippen molar-refractivity contribution < 1.29 is 9.72 Å². The lowest BCUT2D eigenvalue weighted by molar-refractivity contribution is -0.529. The van der Waals surface area contributed by atoms with Gasteiger partial charge in [0.15, 0.2) is 0 Å². The van der Waals surface area contributed by atoms with Gasteiger partial charge in [-0.2, -0.15) is 0 Å². The van der Waals surface area contributed by atoms with Crippen LogP contribution in [0.25, 0.3) is 0 Å². The molecule has 1 aliphatic rings. The van der Waals surface area contributed by atoms with Crippen molar-refractivity contribution in [2.45, 2.75) is 25.4 Å². The smallest absolute Gasteiger partial charge is 0.286 e. The molecule has 1 unspecified atom stereocenters. The van der Waals surface area contributed by atoms with Crippen LogP contribution in [0.3, 0.4) is 0 Å². The molecule has 0 aliphatic carbocycles. The minimum atomic E-state index is -0.846. The molecule has 0 radical (unpaired) electrons. The molecule has 1 atom stereocenters. The van der Waals surface area contributed by atoms with Crippen molar-refractivity contribution in [3.8, 4) is 0 Å². The summed E-state index contributed by atoms with van der Waals surface area (Å²) in [7, 11) is 0. The Balaban J connectivity index is 2.47. The maximum absolute atomic E-state index is 10.6. The molecule has 0 aromatic rings. The lowest BCUT2D eigenvalue weighted by atomic mass is 10.1. The molecule has 1 saturated heterocycles. The monoisotopic (exact) mass is 144 g/mol. The Hall–Kier alpha value is -1.13. The van der Waals surface area contributed by atoms with E-state index in [0.717, 1.165) is 0 Å². The molecule has 1 rings (SSSR count). The van der Waals surface area contributed by atoms with Crippen molar-refractivity contribution in [2.24, 2.45) is 0 Å². The minimum Gasteiger partial charge on any atom is -0.294 e. The van der Waals surface area contributed by atoms with E-state index in [4.69, 9.17) is 0 Å². The lowest BCUT2D eigenvalue weighted by Gasteiger charge is -2.15. The number of nitrogens with one attached hydrogen (secondary N) is 1. The van der Waals surface area contributed by atoms with Crippen LogP contribution in [-0.2, 0) is 4.79 Å². The maximum atomic E-state index is 10.6. The van der Waals surface area contributed by atoms with Crippen molar-refractivity contribution in [1.29, 1.82) is 0 Å². The zero-order valence-electron chi connectivity index (χ0n) is 5.37. The predicted molar refractivity (Wildman–Crippen MR) is 32.8 cm³/mol. The van der Waals surface area contributed by atoms with Gasteiger partial charge in [0.25, 0.3) is 6.17 Å². The standard InChI is InChI=1S/C5H8N2O3/c8-5-3-1-2-4(6-5)7(9)10/h4H,1-3H2,(H,6,8). The third-order valence-electron chi connectivity index (χ3n) is 1.46. The number of amides is 1. The molecular formula is C5H8N2O3. The first kappa shape index (κ1) is 6.98. The molecule has 0 saturated carbocycles. The third-order valence-corrected chi connectivity index (χ3v) is 1.46. The Bertz CT molecular complexity index is 166. The number of nitrogens with zero attached hydrogens (tertiary/aromatic N) is 1. The quantitative estimate of drug-likeness (QED) is 0.412. The highest BCUT2D eigenvalue weighted by atomic mass is 16.6. The molecule has 0 spiro atoms. The SMILES string of the molecule is O=C1CCCC([N+](=O)[O-])N1. The molecule has 1 heterocycles. The van der Waals surface area contributed by atoms with E-state index in [2.05, 4.69) is 5.32 Å². The molecule has 0 bridgehead atoms. The van der Waals surface area contributed by atoms with E-state index in [1.165, 1.54) is 0 Å². The summed E-state index contributed by atoms with van der Waals surface area (Å²) >= 11 is 0. The van der Waals surface area contributed by atoms with Gasteiger partial charge in [-0.25, -0.2) is 0 Å². The molecule has 1 aliphatic heterocycles. The van der Waals surface area contributed by atoms with Gasteiger partial charge in [0.1, 0.15) is 0 Å². The largest absolute Gasteiger partial charge is 0.294 e. The van der Waals surface area contributed by atoms with Crippen molar-refractivity contribution in [1.82, 2.24) is 5.32 Å². The molecule has 10 heavy (non-hydrogen) atoms. The molecule has 1 amide bonds. The highest BCUT2D eigenvalue weighted by Crippen LogP contribution is 2.07. The van der Waals surface area contributed by atoms with Crippen LogP contribution < -0.4 is 5.32 Å². The average Bonchev–Trinajstić information content (AvgIpc) is 1.88. The summed E-state index contributed by atoms with van der Waals surface area (Å²) in [6, 6.07) is 0. The van der Waals surface area contributed by atoms with E-state index < -0.39 is 11.1 Å². The second-order valence-corrected chi connectivity index (χ2v) is 2.26. The van der Waals surface area contributed by atoms with Crippen LogP contribution in [0.2, 0.25) is 0 Å². The average molecular weight is 144 g/mol. The topological polar surface area (TPSA) is 72.2 Å². The summed E-state index contributed by atoms with van der Waals surface area (Å²) in [6.45, 7) is 0. The van der Waals surface area contributed by atoms with Crippen LogP contribution in [0.15, 0.2) is 0 Å². The molecule has 56 valence electrons. The van der Waals surface area contributed by atoms with Crippen LogP contribution in [0.1, 0.15) is 19.3 Å². The van der Waals surface area contributed by atoms with E-state index in [9.17, 15) is 14.9 Å². The summed E-state index contributed by atoms with van der Waals surface area (Å²) in [4.78, 5) is 20.2. The van der Waals surface area contributed by atoms with E-state index in [1.807, 2.05) is 0 Å². The number of rotatable bonds is 1. The van der Waals surface area contributed by atoms with Crippen LogP contribution in [0, 0.1) is 10.1 Å². The molecular weight excluding hydrogens is 136 g/mol. The second kappa shape index (κ2) is 2.64. The summed E-state index contributed by atoms with van der Waals surface area (Å²) < 4.78 is 0. The Labute approximate surface area is 57.6 Å². The minimum absolute atomic E-state index is 0.215. The third kappa shape index (κ3) is 1.43. The van der Waals surface area contributed by atoms with Crippen LogP contribution >= 0.6 is 0 Å². The van der Waals surface area contributed by atoms with Crippen molar-refractivity contribution in [2.75, 3.05) is 0 Å². The van der Waals surface area contributed by atoms with Gasteiger partial charge in [-0.05, 0) is 6.42 Å². The highest BCUT2D eigenvalue weighted by Gasteiger charge is 2.25. The van der Waals surface area contributed by atoms with Crippen LogP contribution in [-0.4, -0.2) is 17.0 Å². The Morgan fingerprint density at radius 1 is 1.70 bits per heavy atom. The number of nitro groups is 1. The van der Waals surface area contributed by atoms with E-state index in [1.54, 1.807) is 0 Å². The summed E-state index contributed by atoms with van der Waals surface area (Å²) in [6.07, 6.45) is 0.654. The zero-order chi connectivity index (χ0) is 7.56. The fourth-order valence-corrected chi connectivity index (χ4v) is 0.944. The first-order chi connectivity index (χ1) is 4.70. The first-order valence-corrected chi connectivity index (χ1v) is 3.13. The lowest BCUT2D eigenvalue weighted by Crippen LogP contribution is -2.43. The van der Waals surface area contributed by atoms with Crippen molar-refractivity contribution in [3.63, 3.8) is 0 Å². The number of hydrogen-bond donors (Lipinski definition) is 1. The van der Waals surface area contributed by atoms with Crippen LogP contribution in [0.4, 0.5) is 0 Å². The molecule has 1 N–H and O–H groups in total. The number of piperidine rings is 1. The van der Waals surface area contributed by atoms with Crippen LogP contribution in [0.5, 0.6) is 0 Å². The summed E-state index contributed by atoms with van der Waals surface area (Å²) in [5.41, 5.74) is 0. The van der Waals surface area contributed by atoms with Gasteiger partial charge in [-0.3, -0.25) is 20.2 Å². The van der Waals surface area contributed by atoms with Crippen molar-refractivity contribution in [3.05, 3.63) is 10.1 Å². The van der Waals surface area contributed by atoms with Gasteiger partial charge in [0, 0.05) is 17.8 Å². The molecule has 0 aromatic carbocycles. The molecule has 5 heteroatoms. The van der Waals surface area contributed by atoms with Gasteiger partial charge in [0.2, 0.25) is 5.91 Å². The van der Waals surface area contributed by atoms with Gasteiger partial charge in [0.05, 0.1) is 0 Å². The van der Waals surface area contributed by atoms with E-state index in [-0.39, 0.29) is 5.91 Å². The number of carbonyl (C=O) groups is 1. The molecule has 1 fully saturated rings. The first-order valence-electron chi connectivity index (χ1n) is 3.13. The number of hydrogen-bond acceptors (Lipinski definition) is 3. The Kier molecular flexibility index (Phi) is 1.84. The fourth-order valence-electron chi connectivity index (χ4n) is 0.944. The summed E-state index contributed by atoms with van der Waals surface area (Å²) in [5, 5.41) is 12.4. The van der Waals surface area contributed by atoms with Gasteiger partial charge >= 0.3 is 0 Å². The number of carbonyl (C=O) groups excluding carboxylic acids is 1. The molecule has 0 aromatic heterocycles. The predicted octanol–water partition coefficient (Wildman–Crippen LogP) is -0.111.